The molecule has 0 amide bonds. The fourth-order valence-corrected chi connectivity index (χ4v) is 2.76. The van der Waals surface area contributed by atoms with Gasteiger partial charge in [0.2, 0.25) is 0 Å². The fourth-order valence-electron chi connectivity index (χ4n) is 1.66. The van der Waals surface area contributed by atoms with Gasteiger partial charge in [0.15, 0.2) is 0 Å². The average Bonchev–Trinajstić information content (AvgIpc) is 2.37. The van der Waals surface area contributed by atoms with Gasteiger partial charge in [-0.15, -0.1) is 0 Å². The number of nitriles is 1. The Morgan fingerprint density at radius 1 is 1.11 bits per heavy atom. The summed E-state index contributed by atoms with van der Waals surface area (Å²) in [6, 6.07) is 14.3. The van der Waals surface area contributed by atoms with E-state index in [-0.39, 0.29) is 0 Å². The lowest BCUT2D eigenvalue weighted by atomic mass is 10.1. The van der Waals surface area contributed by atoms with Crippen LogP contribution >= 0.6 is 39.1 Å². The van der Waals surface area contributed by atoms with Crippen molar-refractivity contribution in [2.24, 2.45) is 0 Å². The zero-order valence-corrected chi connectivity index (χ0v) is 12.8. The molecule has 0 aliphatic carbocycles. The maximum absolute atomic E-state index is 9.30. The lowest BCUT2D eigenvalue weighted by Crippen LogP contribution is -2.09. The fraction of sp³-hybridized carbons (Fsp3) is 0.0714. The van der Waals surface area contributed by atoms with Crippen molar-refractivity contribution in [2.75, 3.05) is 5.32 Å². The summed E-state index contributed by atoms with van der Waals surface area (Å²) in [4.78, 5) is 0. The lowest BCUT2D eigenvalue weighted by Gasteiger charge is -2.15. The summed E-state index contributed by atoms with van der Waals surface area (Å²) in [5, 5.41) is 13.7. The van der Waals surface area contributed by atoms with Gasteiger partial charge in [0.05, 0.1) is 6.07 Å². The van der Waals surface area contributed by atoms with Gasteiger partial charge in [-0.1, -0.05) is 51.3 Å². The van der Waals surface area contributed by atoms with Crippen LogP contribution in [0.2, 0.25) is 10.0 Å². The lowest BCUT2D eigenvalue weighted by molar-refractivity contribution is 0.990. The van der Waals surface area contributed by atoms with Gasteiger partial charge in [-0.05, 0) is 30.3 Å². The van der Waals surface area contributed by atoms with E-state index in [1.165, 1.54) is 0 Å². The molecule has 0 aliphatic heterocycles. The standard InChI is InChI=1S/C14H9BrCl2N2/c15-13-7-10(17)4-5-12(13)14(8-18)19-11-3-1-2-9(16)6-11/h1-7,14,19H. The Morgan fingerprint density at radius 3 is 2.47 bits per heavy atom. The second-order valence-corrected chi connectivity index (χ2v) is 5.61. The van der Waals surface area contributed by atoms with Gasteiger partial charge in [-0.25, -0.2) is 0 Å². The molecule has 1 unspecified atom stereocenters. The smallest absolute Gasteiger partial charge is 0.141 e. The van der Waals surface area contributed by atoms with Crippen molar-refractivity contribution in [1.29, 1.82) is 5.26 Å². The SMILES string of the molecule is N#CC(Nc1cccc(Cl)c1)c1ccc(Cl)cc1Br. The zero-order chi connectivity index (χ0) is 13.8. The van der Waals surface area contributed by atoms with Gasteiger partial charge in [0, 0.05) is 25.8 Å². The molecule has 0 aromatic heterocycles. The Hall–Kier alpha value is -1.21. The second-order valence-electron chi connectivity index (χ2n) is 3.88. The highest BCUT2D eigenvalue weighted by molar-refractivity contribution is 9.10. The number of anilines is 1. The maximum Gasteiger partial charge on any atom is 0.141 e. The number of nitrogens with one attached hydrogen (secondary N) is 1. The molecule has 0 saturated heterocycles. The van der Waals surface area contributed by atoms with E-state index in [9.17, 15) is 5.26 Å². The van der Waals surface area contributed by atoms with E-state index in [0.29, 0.717) is 10.0 Å². The first-order chi connectivity index (χ1) is 9.10. The summed E-state index contributed by atoms with van der Waals surface area (Å²) in [5.74, 6) is 0. The molecule has 0 fully saturated rings. The molecular formula is C14H9BrCl2N2. The van der Waals surface area contributed by atoms with Crippen LogP contribution in [0.15, 0.2) is 46.9 Å². The number of rotatable bonds is 3. The monoisotopic (exact) mass is 354 g/mol. The zero-order valence-electron chi connectivity index (χ0n) is 9.70. The van der Waals surface area contributed by atoms with Crippen LogP contribution in [0.25, 0.3) is 0 Å². The molecule has 1 atom stereocenters. The Bertz CT molecular complexity index is 638. The summed E-state index contributed by atoms with van der Waals surface area (Å²) in [6.07, 6.45) is 0. The molecule has 2 aromatic carbocycles. The van der Waals surface area contributed by atoms with Crippen molar-refractivity contribution < 1.29 is 0 Å². The molecule has 2 rings (SSSR count). The minimum Gasteiger partial charge on any atom is -0.366 e. The molecule has 0 bridgehead atoms. The van der Waals surface area contributed by atoms with Crippen molar-refractivity contribution in [3.8, 4) is 6.07 Å². The van der Waals surface area contributed by atoms with Gasteiger partial charge in [-0.2, -0.15) is 5.26 Å². The van der Waals surface area contributed by atoms with Gasteiger partial charge in [0.25, 0.3) is 0 Å². The first kappa shape index (κ1) is 14.2. The number of nitrogens with zero attached hydrogens (tertiary/aromatic N) is 1. The molecule has 96 valence electrons. The van der Waals surface area contributed by atoms with E-state index in [2.05, 4.69) is 27.3 Å². The molecule has 0 radical (unpaired) electrons. The average molecular weight is 356 g/mol. The summed E-state index contributed by atoms with van der Waals surface area (Å²) < 4.78 is 0.793. The third-order valence-electron chi connectivity index (χ3n) is 2.54. The van der Waals surface area contributed by atoms with Crippen molar-refractivity contribution in [1.82, 2.24) is 0 Å². The van der Waals surface area contributed by atoms with Crippen molar-refractivity contribution >= 4 is 44.8 Å². The highest BCUT2D eigenvalue weighted by Crippen LogP contribution is 2.29. The van der Waals surface area contributed by atoms with Crippen molar-refractivity contribution in [3.63, 3.8) is 0 Å². The van der Waals surface area contributed by atoms with E-state index in [1.54, 1.807) is 24.3 Å². The van der Waals surface area contributed by atoms with Crippen LogP contribution in [0.3, 0.4) is 0 Å². The van der Waals surface area contributed by atoms with E-state index in [0.717, 1.165) is 15.7 Å². The normalized spacial score (nSPS) is 11.7. The molecule has 1 N–H and O–H groups in total. The Kier molecular flexibility index (Phi) is 4.71. The summed E-state index contributed by atoms with van der Waals surface area (Å²) >= 11 is 15.2. The van der Waals surface area contributed by atoms with E-state index in [4.69, 9.17) is 23.2 Å². The molecule has 19 heavy (non-hydrogen) atoms. The van der Waals surface area contributed by atoms with Crippen molar-refractivity contribution in [2.45, 2.75) is 6.04 Å². The van der Waals surface area contributed by atoms with Gasteiger partial charge >= 0.3 is 0 Å². The first-order valence-electron chi connectivity index (χ1n) is 5.47. The number of hydrogen-bond acceptors (Lipinski definition) is 2. The number of hydrogen-bond donors (Lipinski definition) is 1. The highest BCUT2D eigenvalue weighted by Gasteiger charge is 2.14. The summed E-state index contributed by atoms with van der Waals surface area (Å²) in [6.45, 7) is 0. The molecule has 5 heteroatoms. The van der Waals surface area contributed by atoms with E-state index < -0.39 is 6.04 Å². The molecule has 0 saturated carbocycles. The third-order valence-corrected chi connectivity index (χ3v) is 3.70. The van der Waals surface area contributed by atoms with E-state index >= 15 is 0 Å². The maximum atomic E-state index is 9.30. The van der Waals surface area contributed by atoms with Crippen LogP contribution in [0.1, 0.15) is 11.6 Å². The topological polar surface area (TPSA) is 35.8 Å². The van der Waals surface area contributed by atoms with Crippen LogP contribution in [-0.2, 0) is 0 Å². The second kappa shape index (κ2) is 6.29. The molecule has 2 nitrogen and oxygen atoms in total. The number of benzene rings is 2. The Labute approximate surface area is 130 Å². The third kappa shape index (κ3) is 3.63. The summed E-state index contributed by atoms with van der Waals surface area (Å²) in [7, 11) is 0. The minimum atomic E-state index is -0.481. The number of halogens is 3. The largest absolute Gasteiger partial charge is 0.366 e. The van der Waals surface area contributed by atoms with Crippen LogP contribution in [-0.4, -0.2) is 0 Å². The minimum absolute atomic E-state index is 0.481. The van der Waals surface area contributed by atoms with Crippen molar-refractivity contribution in [3.05, 3.63) is 62.5 Å². The Balaban J connectivity index is 2.28. The molecule has 2 aromatic rings. The van der Waals surface area contributed by atoms with Gasteiger partial charge in [0.1, 0.15) is 6.04 Å². The van der Waals surface area contributed by atoms with Crippen LogP contribution in [0.4, 0.5) is 5.69 Å². The van der Waals surface area contributed by atoms with E-state index in [1.807, 2.05) is 18.2 Å². The molecule has 0 spiro atoms. The van der Waals surface area contributed by atoms with Gasteiger partial charge in [-0.3, -0.25) is 0 Å². The molecule has 0 aliphatic rings. The highest BCUT2D eigenvalue weighted by atomic mass is 79.9. The van der Waals surface area contributed by atoms with Crippen LogP contribution in [0, 0.1) is 11.3 Å². The quantitative estimate of drug-likeness (QED) is 0.796. The summed E-state index contributed by atoms with van der Waals surface area (Å²) in [5.41, 5.74) is 1.62. The van der Waals surface area contributed by atoms with Crippen LogP contribution in [0.5, 0.6) is 0 Å². The first-order valence-corrected chi connectivity index (χ1v) is 7.01. The molecular weight excluding hydrogens is 347 g/mol. The molecule has 0 heterocycles. The van der Waals surface area contributed by atoms with Crippen LogP contribution < -0.4 is 5.32 Å². The predicted molar refractivity (Wildman–Crippen MR) is 82.6 cm³/mol. The van der Waals surface area contributed by atoms with Gasteiger partial charge < -0.3 is 5.32 Å². The predicted octanol–water partition coefficient (Wildman–Crippen LogP) is 5.43. The Morgan fingerprint density at radius 2 is 1.84 bits per heavy atom.